The fourth-order valence-electron chi connectivity index (χ4n) is 1.60. The molecule has 100 valence electrons. The minimum Gasteiger partial charge on any atom is -0.300 e. The number of carbonyl (C=O) groups is 2. The Bertz CT molecular complexity index is 195. The summed E-state index contributed by atoms with van der Waals surface area (Å²) in [6, 6.07) is 0. The molecule has 0 atom stereocenters. The molecule has 0 bridgehead atoms. The summed E-state index contributed by atoms with van der Waals surface area (Å²) in [5.74, 6) is 2.26. The van der Waals surface area contributed by atoms with Crippen molar-refractivity contribution in [2.75, 3.05) is 11.5 Å². The number of carbonyl (C=O) groups excluding carboxylic acids is 2. The van der Waals surface area contributed by atoms with Crippen molar-refractivity contribution in [3.63, 3.8) is 0 Å². The first-order valence-corrected chi connectivity index (χ1v) is 7.72. The van der Waals surface area contributed by atoms with Gasteiger partial charge >= 0.3 is 0 Å². The van der Waals surface area contributed by atoms with E-state index >= 15 is 0 Å². The Hall–Kier alpha value is 0.0400. The van der Waals surface area contributed by atoms with Crippen LogP contribution in [0.4, 0.5) is 0 Å². The molecule has 0 aliphatic rings. The number of rotatable bonds is 12. The van der Waals surface area contributed by atoms with E-state index in [-0.39, 0.29) is 11.6 Å². The lowest BCUT2D eigenvalue weighted by molar-refractivity contribution is -0.120. The lowest BCUT2D eigenvalue weighted by Crippen LogP contribution is -2.02. The summed E-state index contributed by atoms with van der Waals surface area (Å²) >= 11 is 8.20. The molecule has 0 amide bonds. The maximum Gasteiger partial charge on any atom is 0.132 e. The monoisotopic (exact) mass is 276 g/mol. The van der Waals surface area contributed by atoms with Crippen molar-refractivity contribution in [1.29, 1.82) is 0 Å². The molecule has 0 N–H and O–H groups in total. The van der Waals surface area contributed by atoms with Crippen LogP contribution in [0.2, 0.25) is 0 Å². The Morgan fingerprint density at radius 2 is 0.941 bits per heavy atom. The van der Waals surface area contributed by atoms with Gasteiger partial charge < -0.3 is 0 Å². The third-order valence-corrected chi connectivity index (χ3v) is 3.27. The standard InChI is InChI=1S/C13H24O2S2/c14-12(6-1-3-10-16)8-5-9-13(15)7-2-4-11-17/h16-17H,1-11H2. The maximum absolute atomic E-state index is 11.4. The van der Waals surface area contributed by atoms with Crippen LogP contribution in [0.15, 0.2) is 0 Å². The van der Waals surface area contributed by atoms with E-state index in [0.29, 0.717) is 25.7 Å². The zero-order valence-corrected chi connectivity index (χ0v) is 12.3. The molecule has 0 saturated heterocycles. The summed E-state index contributed by atoms with van der Waals surface area (Å²) in [6.07, 6.45) is 6.99. The smallest absolute Gasteiger partial charge is 0.132 e. The molecule has 0 aromatic heterocycles. The highest BCUT2D eigenvalue weighted by Gasteiger charge is 2.05. The first-order valence-electron chi connectivity index (χ1n) is 6.45. The van der Waals surface area contributed by atoms with Gasteiger partial charge in [-0.3, -0.25) is 9.59 Å². The van der Waals surface area contributed by atoms with E-state index in [9.17, 15) is 9.59 Å². The maximum atomic E-state index is 11.4. The van der Waals surface area contributed by atoms with Crippen LogP contribution in [0.1, 0.15) is 57.8 Å². The van der Waals surface area contributed by atoms with Gasteiger partial charge in [-0.1, -0.05) is 0 Å². The first-order chi connectivity index (χ1) is 8.20. The lowest BCUT2D eigenvalue weighted by atomic mass is 10.0. The number of thiol groups is 2. The average molecular weight is 276 g/mol. The molecule has 0 unspecified atom stereocenters. The van der Waals surface area contributed by atoms with Gasteiger partial charge in [-0.15, -0.1) is 0 Å². The third-order valence-electron chi connectivity index (χ3n) is 2.64. The second-order valence-corrected chi connectivity index (χ2v) is 5.19. The van der Waals surface area contributed by atoms with Gasteiger partial charge in [0.15, 0.2) is 0 Å². The van der Waals surface area contributed by atoms with Gasteiger partial charge in [0.1, 0.15) is 11.6 Å². The SMILES string of the molecule is O=C(CCCCS)CCCC(=O)CCCCS. The predicted octanol–water partition coefficient (Wildman–Crippen LogP) is 3.50. The van der Waals surface area contributed by atoms with Crippen molar-refractivity contribution in [3.05, 3.63) is 0 Å². The minimum atomic E-state index is 0.287. The lowest BCUT2D eigenvalue weighted by Gasteiger charge is -2.01. The Morgan fingerprint density at radius 1 is 0.588 bits per heavy atom. The van der Waals surface area contributed by atoms with Gasteiger partial charge in [-0.05, 0) is 43.6 Å². The second kappa shape index (κ2) is 12.5. The van der Waals surface area contributed by atoms with Crippen LogP contribution in [0.3, 0.4) is 0 Å². The summed E-state index contributed by atoms with van der Waals surface area (Å²) in [5.41, 5.74) is 0. The highest BCUT2D eigenvalue weighted by molar-refractivity contribution is 7.80. The molecule has 0 rings (SSSR count). The van der Waals surface area contributed by atoms with Gasteiger partial charge in [0.25, 0.3) is 0 Å². The van der Waals surface area contributed by atoms with E-state index < -0.39 is 0 Å². The van der Waals surface area contributed by atoms with Crippen molar-refractivity contribution in [2.24, 2.45) is 0 Å². The Kier molecular flexibility index (Phi) is 12.5. The van der Waals surface area contributed by atoms with Crippen LogP contribution in [0.25, 0.3) is 0 Å². The summed E-state index contributed by atoms with van der Waals surface area (Å²) < 4.78 is 0. The van der Waals surface area contributed by atoms with Gasteiger partial charge in [0.2, 0.25) is 0 Å². The van der Waals surface area contributed by atoms with Crippen LogP contribution < -0.4 is 0 Å². The van der Waals surface area contributed by atoms with Crippen molar-refractivity contribution >= 4 is 36.8 Å². The molecular weight excluding hydrogens is 252 g/mol. The molecular formula is C13H24O2S2. The van der Waals surface area contributed by atoms with E-state index in [1.165, 1.54) is 0 Å². The van der Waals surface area contributed by atoms with E-state index in [2.05, 4.69) is 25.3 Å². The number of unbranched alkanes of at least 4 members (excludes halogenated alkanes) is 2. The normalized spacial score (nSPS) is 10.5. The largest absolute Gasteiger partial charge is 0.300 e. The molecule has 0 fully saturated rings. The summed E-state index contributed by atoms with van der Waals surface area (Å²) in [7, 11) is 0. The highest BCUT2D eigenvalue weighted by atomic mass is 32.1. The molecule has 0 aliphatic heterocycles. The van der Waals surface area contributed by atoms with Crippen LogP contribution >= 0.6 is 25.3 Å². The van der Waals surface area contributed by atoms with E-state index in [1.54, 1.807) is 0 Å². The molecule has 4 heteroatoms. The van der Waals surface area contributed by atoms with Crippen LogP contribution in [-0.2, 0) is 9.59 Å². The highest BCUT2D eigenvalue weighted by Crippen LogP contribution is 2.07. The van der Waals surface area contributed by atoms with Gasteiger partial charge in [-0.25, -0.2) is 0 Å². The average Bonchev–Trinajstić information content (AvgIpc) is 2.30. The molecule has 0 spiro atoms. The van der Waals surface area contributed by atoms with Crippen LogP contribution in [-0.4, -0.2) is 23.1 Å². The second-order valence-electron chi connectivity index (χ2n) is 4.29. The number of ketones is 2. The third kappa shape index (κ3) is 12.3. The minimum absolute atomic E-state index is 0.287. The van der Waals surface area contributed by atoms with Crippen molar-refractivity contribution in [1.82, 2.24) is 0 Å². The molecule has 0 saturated carbocycles. The fourth-order valence-corrected chi connectivity index (χ4v) is 2.05. The van der Waals surface area contributed by atoms with Gasteiger partial charge in [-0.2, -0.15) is 25.3 Å². The molecule has 0 heterocycles. The van der Waals surface area contributed by atoms with Crippen molar-refractivity contribution < 1.29 is 9.59 Å². The Balaban J connectivity index is 3.36. The molecule has 2 nitrogen and oxygen atoms in total. The van der Waals surface area contributed by atoms with Crippen LogP contribution in [0.5, 0.6) is 0 Å². The van der Waals surface area contributed by atoms with E-state index in [4.69, 9.17) is 0 Å². The number of hydrogen-bond donors (Lipinski definition) is 2. The number of Topliss-reactive ketones (excluding diaryl/α,β-unsaturated/α-hetero) is 2. The van der Waals surface area contributed by atoms with Crippen molar-refractivity contribution in [3.8, 4) is 0 Å². The number of hydrogen-bond acceptors (Lipinski definition) is 4. The summed E-state index contributed by atoms with van der Waals surface area (Å²) in [4.78, 5) is 22.8. The summed E-state index contributed by atoms with van der Waals surface area (Å²) in [6.45, 7) is 0. The predicted molar refractivity (Wildman–Crippen MR) is 79.3 cm³/mol. The molecule has 0 aliphatic carbocycles. The Labute approximate surface area is 116 Å². The van der Waals surface area contributed by atoms with E-state index in [1.807, 2.05) is 0 Å². The van der Waals surface area contributed by atoms with Crippen molar-refractivity contribution in [2.45, 2.75) is 57.8 Å². The van der Waals surface area contributed by atoms with Gasteiger partial charge in [0, 0.05) is 25.7 Å². The topological polar surface area (TPSA) is 34.1 Å². The quantitative estimate of drug-likeness (QED) is 0.422. The fraction of sp³-hybridized carbons (Fsp3) is 0.846. The van der Waals surface area contributed by atoms with Gasteiger partial charge in [0.05, 0.1) is 0 Å². The first kappa shape index (κ1) is 17.0. The molecule has 0 aromatic rings. The summed E-state index contributed by atoms with van der Waals surface area (Å²) in [5, 5.41) is 0. The van der Waals surface area contributed by atoms with E-state index in [0.717, 1.165) is 43.6 Å². The van der Waals surface area contributed by atoms with Crippen LogP contribution in [0, 0.1) is 0 Å². The molecule has 0 aromatic carbocycles. The zero-order valence-electron chi connectivity index (χ0n) is 10.5. The molecule has 17 heavy (non-hydrogen) atoms. The Morgan fingerprint density at radius 3 is 1.29 bits per heavy atom. The zero-order chi connectivity index (χ0) is 12.9. The molecule has 0 radical (unpaired) electrons.